The third kappa shape index (κ3) is 14.4. The highest BCUT2D eigenvalue weighted by atomic mass is 16.6. The molecule has 2 unspecified atom stereocenters. The molecule has 3 saturated carbocycles. The first-order chi connectivity index (χ1) is 31.5. The van der Waals surface area contributed by atoms with E-state index in [1.165, 1.54) is 77.7 Å². The van der Waals surface area contributed by atoms with Crippen LogP contribution in [-0.4, -0.2) is 81.4 Å². The Labute approximate surface area is 400 Å². The van der Waals surface area contributed by atoms with E-state index in [2.05, 4.69) is 56.3 Å². The van der Waals surface area contributed by atoms with Crippen molar-refractivity contribution in [2.24, 2.45) is 51.3 Å². The number of nitrogens with one attached hydrogen (secondary N) is 2. The molecule has 67 heavy (non-hydrogen) atoms. The molecular weight excluding hydrogens is 855 g/mol. The summed E-state index contributed by atoms with van der Waals surface area (Å²) in [4.78, 5) is 55.3. The molecule has 14 nitrogen and oxygen atoms in total. The van der Waals surface area contributed by atoms with E-state index in [1.807, 2.05) is 0 Å². The van der Waals surface area contributed by atoms with E-state index in [-0.39, 0.29) is 72.9 Å². The van der Waals surface area contributed by atoms with Gasteiger partial charge >= 0.3 is 24.1 Å². The zero-order chi connectivity index (χ0) is 49.3. The number of rotatable bonds is 17. The molecule has 1 aromatic rings. The summed E-state index contributed by atoms with van der Waals surface area (Å²) >= 11 is 0. The number of esters is 2. The Hall–Kier alpha value is -4.33. The van der Waals surface area contributed by atoms with Crippen molar-refractivity contribution in [1.29, 1.82) is 0 Å². The van der Waals surface area contributed by atoms with Crippen molar-refractivity contribution in [2.45, 2.75) is 177 Å². The van der Waals surface area contributed by atoms with Crippen LogP contribution in [0.25, 0.3) is 0 Å². The summed E-state index contributed by atoms with van der Waals surface area (Å²) in [6.45, 7) is 22.9. The van der Waals surface area contributed by atoms with Crippen LogP contribution in [0.3, 0.4) is 0 Å². The number of hydrogen-bond donors (Lipinski definition) is 2. The number of fused-ring (bicyclic) bond motifs is 5. The molecule has 0 radical (unpaired) electrons. The fourth-order valence-electron chi connectivity index (χ4n) is 11.8. The SMILES string of the molecule is COc1cc(C(=O)OCCCN=C(NC(=O)OC(C)(C)C)NC(=O)OC(C)(C)C)cc(OC)c1OC(=O)CCO[C@H]1CCC2(C)C(=CC[C@@H]3C2CC[C@]2(C)[C@@H]([C@H](C)CCCC(C)C)CC[C@@H]32)C1. The van der Waals surface area contributed by atoms with Crippen molar-refractivity contribution < 1.29 is 52.3 Å². The van der Waals surface area contributed by atoms with Crippen LogP contribution >= 0.6 is 0 Å². The summed E-state index contributed by atoms with van der Waals surface area (Å²) in [5, 5.41) is 4.83. The minimum Gasteiger partial charge on any atom is -0.493 e. The van der Waals surface area contributed by atoms with Gasteiger partial charge in [0.2, 0.25) is 11.7 Å². The van der Waals surface area contributed by atoms with Crippen LogP contribution in [0.2, 0.25) is 0 Å². The van der Waals surface area contributed by atoms with E-state index in [0.717, 1.165) is 54.8 Å². The molecule has 4 aliphatic rings. The van der Waals surface area contributed by atoms with E-state index in [0.29, 0.717) is 5.41 Å². The van der Waals surface area contributed by atoms with Gasteiger partial charge in [-0.2, -0.15) is 0 Å². The predicted octanol–water partition coefficient (Wildman–Crippen LogP) is 11.4. The Bertz CT molecular complexity index is 1890. The quantitative estimate of drug-likeness (QED) is 0.0290. The number of ether oxygens (including phenoxy) is 7. The first kappa shape index (κ1) is 53.6. The van der Waals surface area contributed by atoms with Crippen molar-refractivity contribution >= 4 is 30.1 Å². The maximum Gasteiger partial charge on any atom is 0.414 e. The zero-order valence-electron chi connectivity index (χ0n) is 43.0. The van der Waals surface area contributed by atoms with Crippen molar-refractivity contribution in [3.63, 3.8) is 0 Å². The van der Waals surface area contributed by atoms with Gasteiger partial charge in [-0.1, -0.05) is 65.5 Å². The molecule has 1 aromatic carbocycles. The minimum atomic E-state index is -0.818. The van der Waals surface area contributed by atoms with Crippen molar-refractivity contribution in [3.05, 3.63) is 29.3 Å². The summed E-state index contributed by atoms with van der Waals surface area (Å²) in [5.74, 6) is 3.72. The van der Waals surface area contributed by atoms with Crippen LogP contribution in [-0.2, 0) is 23.7 Å². The maximum absolute atomic E-state index is 13.2. The number of amides is 2. The van der Waals surface area contributed by atoms with Gasteiger partial charge in [0.05, 0.1) is 45.5 Å². The van der Waals surface area contributed by atoms with Gasteiger partial charge in [-0.3, -0.25) is 20.4 Å². The smallest absolute Gasteiger partial charge is 0.414 e. The number of guanidine groups is 1. The third-order valence-corrected chi connectivity index (χ3v) is 14.9. The molecule has 3 fully saturated rings. The molecular formula is C53H83N3O11. The molecule has 0 aliphatic heterocycles. The van der Waals surface area contributed by atoms with Crippen LogP contribution in [0, 0.1) is 46.3 Å². The molecule has 376 valence electrons. The molecule has 2 amide bonds. The van der Waals surface area contributed by atoms with Crippen molar-refractivity contribution in [1.82, 2.24) is 10.6 Å². The number of aliphatic imine (C=N–C) groups is 1. The summed E-state index contributed by atoms with van der Waals surface area (Å²) in [7, 11) is 2.81. The fraction of sp³-hybridized carbons (Fsp3) is 0.755. The molecule has 0 bridgehead atoms. The van der Waals surface area contributed by atoms with Gasteiger partial charge in [-0.05, 0) is 151 Å². The number of carbonyl (C=O) groups excluding carboxylic acids is 4. The van der Waals surface area contributed by atoms with E-state index in [1.54, 1.807) is 47.1 Å². The molecule has 2 N–H and O–H groups in total. The van der Waals surface area contributed by atoms with Gasteiger partial charge < -0.3 is 33.2 Å². The van der Waals surface area contributed by atoms with Gasteiger partial charge in [-0.25, -0.2) is 14.4 Å². The average Bonchev–Trinajstić information content (AvgIpc) is 3.59. The van der Waals surface area contributed by atoms with Crippen LogP contribution in [0.1, 0.15) is 170 Å². The van der Waals surface area contributed by atoms with Gasteiger partial charge in [0.25, 0.3) is 0 Å². The van der Waals surface area contributed by atoms with E-state index in [4.69, 9.17) is 33.2 Å². The largest absolute Gasteiger partial charge is 0.493 e. The molecule has 14 heteroatoms. The summed E-state index contributed by atoms with van der Waals surface area (Å²) in [6, 6.07) is 2.84. The van der Waals surface area contributed by atoms with Crippen molar-refractivity contribution in [2.75, 3.05) is 34.0 Å². The third-order valence-electron chi connectivity index (χ3n) is 14.9. The minimum absolute atomic E-state index is 0.0374. The molecule has 0 aromatic heterocycles. The van der Waals surface area contributed by atoms with Crippen LogP contribution in [0.15, 0.2) is 28.8 Å². The average molecular weight is 938 g/mol. The van der Waals surface area contributed by atoms with E-state index in [9.17, 15) is 19.2 Å². The summed E-state index contributed by atoms with van der Waals surface area (Å²) < 4.78 is 39.2. The highest BCUT2D eigenvalue weighted by Crippen LogP contribution is 2.67. The lowest BCUT2D eigenvalue weighted by Gasteiger charge is -2.58. The van der Waals surface area contributed by atoms with Gasteiger partial charge in [0, 0.05) is 13.0 Å². The maximum atomic E-state index is 13.2. The lowest BCUT2D eigenvalue weighted by molar-refractivity contribution is -0.136. The van der Waals surface area contributed by atoms with Crippen LogP contribution in [0.4, 0.5) is 9.59 Å². The Morgan fingerprint density at radius 3 is 2.04 bits per heavy atom. The standard InChI is InChI=1S/C53H83N3O11/c1-33(2)16-14-17-34(3)39-20-21-40-38-19-18-36-32-37(22-25-52(36,10)41(38)23-26-53(39,40)11)63-29-24-44(57)65-45-42(61-12)30-35(31-43(45)62-13)46(58)64-28-15-27-54-47(55-48(59)66-50(4,5)6)56-49(60)67-51(7,8)9/h18,30-31,33-34,37-41H,14-17,19-29,32H2,1-13H3,(H2,54,55,56,59,60)/t34-,37+,38+,39-,40+,41?,52?,53-/m1/s1. The highest BCUT2D eigenvalue weighted by Gasteiger charge is 2.59. The Balaban J connectivity index is 1.10. The molecule has 5 rings (SSSR count). The first-order valence-corrected chi connectivity index (χ1v) is 25.0. The predicted molar refractivity (Wildman–Crippen MR) is 259 cm³/mol. The summed E-state index contributed by atoms with van der Waals surface area (Å²) in [6.07, 6.45) is 15.0. The first-order valence-electron chi connectivity index (χ1n) is 25.0. The number of carbonyl (C=O) groups is 4. The second-order valence-electron chi connectivity index (χ2n) is 22.4. The molecule has 8 atom stereocenters. The molecule has 0 heterocycles. The number of hydrogen-bond acceptors (Lipinski definition) is 12. The molecule has 0 spiro atoms. The van der Waals surface area contributed by atoms with E-state index >= 15 is 0 Å². The van der Waals surface area contributed by atoms with Crippen LogP contribution < -0.4 is 24.8 Å². The second kappa shape index (κ2) is 22.9. The molecule has 0 saturated heterocycles. The number of allylic oxidation sites excluding steroid dienone is 1. The number of alkyl carbamates (subject to hydrolysis) is 2. The van der Waals surface area contributed by atoms with E-state index < -0.39 is 35.3 Å². The number of benzene rings is 1. The summed E-state index contributed by atoms with van der Waals surface area (Å²) in [5.41, 5.74) is 0.799. The van der Waals surface area contributed by atoms with Gasteiger partial charge in [-0.15, -0.1) is 0 Å². The molecule has 4 aliphatic carbocycles. The highest BCUT2D eigenvalue weighted by molar-refractivity contribution is 6.01. The van der Waals surface area contributed by atoms with Gasteiger partial charge in [0.15, 0.2) is 11.5 Å². The second-order valence-corrected chi connectivity index (χ2v) is 22.4. The zero-order valence-corrected chi connectivity index (χ0v) is 43.0. The monoisotopic (exact) mass is 938 g/mol. The van der Waals surface area contributed by atoms with Crippen LogP contribution in [0.5, 0.6) is 17.2 Å². The fourth-order valence-corrected chi connectivity index (χ4v) is 11.8. The lowest BCUT2D eigenvalue weighted by Crippen LogP contribution is -2.51. The number of nitrogens with zero attached hydrogens (tertiary/aromatic N) is 1. The number of methoxy groups -OCH3 is 2. The normalized spacial score (nSPS) is 26.1. The Morgan fingerprint density at radius 1 is 0.806 bits per heavy atom. The Kier molecular flexibility index (Phi) is 18.3. The Morgan fingerprint density at radius 2 is 1.45 bits per heavy atom. The van der Waals surface area contributed by atoms with Gasteiger partial charge in [0.1, 0.15) is 11.2 Å². The van der Waals surface area contributed by atoms with Crippen molar-refractivity contribution in [3.8, 4) is 17.2 Å². The topological polar surface area (TPSA) is 169 Å². The lowest BCUT2D eigenvalue weighted by atomic mass is 9.47.